The summed E-state index contributed by atoms with van der Waals surface area (Å²) in [6, 6.07) is 10.5. The van der Waals surface area contributed by atoms with E-state index in [0.717, 1.165) is 6.42 Å². The second kappa shape index (κ2) is 8.07. The summed E-state index contributed by atoms with van der Waals surface area (Å²) in [5.41, 5.74) is 0.711. The molecule has 1 aromatic heterocycles. The summed E-state index contributed by atoms with van der Waals surface area (Å²) in [6.07, 6.45) is 1.47. The number of amides is 2. The maximum Gasteiger partial charge on any atom is 0.339 e. The van der Waals surface area contributed by atoms with Crippen LogP contribution in [0.1, 0.15) is 45.1 Å². The molecule has 0 radical (unpaired) electrons. The number of rotatable bonds is 5. The number of carbonyl (C=O) groups is 3. The van der Waals surface area contributed by atoms with Crippen LogP contribution in [0.5, 0.6) is 0 Å². The molecule has 2 N–H and O–H groups in total. The average molecular weight is 370 g/mol. The van der Waals surface area contributed by atoms with Gasteiger partial charge in [0.1, 0.15) is 17.1 Å². The molecule has 1 aliphatic rings. The molecule has 3 rings (SSSR count). The van der Waals surface area contributed by atoms with E-state index >= 15 is 0 Å². The third kappa shape index (κ3) is 4.36. The summed E-state index contributed by atoms with van der Waals surface area (Å²) < 4.78 is 5.37. The molecule has 7 nitrogen and oxygen atoms in total. The molecule has 2 amide bonds. The summed E-state index contributed by atoms with van der Waals surface area (Å²) in [7, 11) is 0. The first-order chi connectivity index (χ1) is 13.0. The highest BCUT2D eigenvalue weighted by Gasteiger charge is 2.29. The van der Waals surface area contributed by atoms with Gasteiger partial charge in [-0.05, 0) is 38.0 Å². The van der Waals surface area contributed by atoms with E-state index in [4.69, 9.17) is 9.52 Å². The van der Waals surface area contributed by atoms with Crippen LogP contribution in [0.3, 0.4) is 0 Å². The second-order valence-corrected chi connectivity index (χ2v) is 6.66. The van der Waals surface area contributed by atoms with Crippen LogP contribution in [0.4, 0.5) is 0 Å². The maximum atomic E-state index is 12.6. The SMILES string of the molecule is Cc1oc(CNC(=O)C2CCCN(C(=O)c3ccccc3)C2)cc1C(=O)O. The summed E-state index contributed by atoms with van der Waals surface area (Å²) in [5.74, 6) is -0.875. The monoisotopic (exact) mass is 370 g/mol. The largest absolute Gasteiger partial charge is 0.478 e. The van der Waals surface area contributed by atoms with Crippen LogP contribution in [-0.2, 0) is 11.3 Å². The van der Waals surface area contributed by atoms with E-state index < -0.39 is 5.97 Å². The Bertz CT molecular complexity index is 843. The van der Waals surface area contributed by atoms with Crippen molar-refractivity contribution in [3.63, 3.8) is 0 Å². The van der Waals surface area contributed by atoms with Crippen molar-refractivity contribution in [2.45, 2.75) is 26.3 Å². The van der Waals surface area contributed by atoms with E-state index in [2.05, 4.69) is 5.32 Å². The highest BCUT2D eigenvalue weighted by Crippen LogP contribution is 2.20. The molecule has 7 heteroatoms. The predicted octanol–water partition coefficient (Wildman–Crippen LogP) is 2.45. The number of hydrogen-bond donors (Lipinski definition) is 2. The smallest absolute Gasteiger partial charge is 0.339 e. The lowest BCUT2D eigenvalue weighted by Crippen LogP contribution is -2.45. The molecule has 1 aromatic carbocycles. The van der Waals surface area contributed by atoms with Gasteiger partial charge < -0.3 is 19.7 Å². The van der Waals surface area contributed by atoms with E-state index in [9.17, 15) is 14.4 Å². The van der Waals surface area contributed by atoms with Crippen molar-refractivity contribution in [2.24, 2.45) is 5.92 Å². The van der Waals surface area contributed by atoms with Crippen molar-refractivity contribution in [1.82, 2.24) is 10.2 Å². The van der Waals surface area contributed by atoms with Gasteiger partial charge in [-0.25, -0.2) is 4.79 Å². The second-order valence-electron chi connectivity index (χ2n) is 6.66. The number of nitrogens with one attached hydrogen (secondary N) is 1. The number of benzene rings is 1. The number of aromatic carboxylic acids is 1. The lowest BCUT2D eigenvalue weighted by molar-refractivity contribution is -0.126. The van der Waals surface area contributed by atoms with Gasteiger partial charge in [0, 0.05) is 18.7 Å². The molecule has 2 heterocycles. The van der Waals surface area contributed by atoms with Gasteiger partial charge in [0.05, 0.1) is 12.5 Å². The summed E-state index contributed by atoms with van der Waals surface area (Å²) in [4.78, 5) is 37.8. The van der Waals surface area contributed by atoms with Crippen LogP contribution in [0.2, 0.25) is 0 Å². The van der Waals surface area contributed by atoms with Crippen molar-refractivity contribution in [1.29, 1.82) is 0 Å². The number of carboxylic acid groups (broad SMARTS) is 1. The number of nitrogens with zero attached hydrogens (tertiary/aromatic N) is 1. The Labute approximate surface area is 157 Å². The molecule has 1 atom stereocenters. The van der Waals surface area contributed by atoms with Crippen molar-refractivity contribution in [3.8, 4) is 0 Å². The zero-order valence-electron chi connectivity index (χ0n) is 15.1. The first-order valence-corrected chi connectivity index (χ1v) is 8.90. The van der Waals surface area contributed by atoms with Crippen molar-refractivity contribution >= 4 is 17.8 Å². The molecular formula is C20H22N2O5. The molecule has 0 aliphatic carbocycles. The normalized spacial score (nSPS) is 16.8. The van der Waals surface area contributed by atoms with Gasteiger partial charge in [0.15, 0.2) is 0 Å². The predicted molar refractivity (Wildman–Crippen MR) is 97.3 cm³/mol. The lowest BCUT2D eigenvalue weighted by Gasteiger charge is -2.32. The minimum atomic E-state index is -1.06. The average Bonchev–Trinajstić information content (AvgIpc) is 3.07. The lowest BCUT2D eigenvalue weighted by atomic mass is 9.96. The summed E-state index contributed by atoms with van der Waals surface area (Å²) in [6.45, 7) is 2.70. The van der Waals surface area contributed by atoms with Crippen LogP contribution in [0.25, 0.3) is 0 Å². The van der Waals surface area contributed by atoms with E-state index in [1.165, 1.54) is 6.07 Å². The van der Waals surface area contributed by atoms with Crippen molar-refractivity contribution in [3.05, 3.63) is 59.0 Å². The molecule has 0 bridgehead atoms. The summed E-state index contributed by atoms with van der Waals surface area (Å²) >= 11 is 0. The number of carboxylic acids is 1. The van der Waals surface area contributed by atoms with Gasteiger partial charge in [0.25, 0.3) is 5.91 Å². The fourth-order valence-electron chi connectivity index (χ4n) is 3.30. The van der Waals surface area contributed by atoms with Crippen LogP contribution >= 0.6 is 0 Å². The Balaban J connectivity index is 1.57. The molecule has 0 spiro atoms. The van der Waals surface area contributed by atoms with E-state index in [0.29, 0.717) is 36.6 Å². The van der Waals surface area contributed by atoms with Gasteiger partial charge in [0.2, 0.25) is 5.91 Å². The van der Waals surface area contributed by atoms with Crippen molar-refractivity contribution in [2.75, 3.05) is 13.1 Å². The molecule has 1 aliphatic heterocycles. The Morgan fingerprint density at radius 3 is 2.67 bits per heavy atom. The minimum Gasteiger partial charge on any atom is -0.478 e. The van der Waals surface area contributed by atoms with Gasteiger partial charge in [-0.1, -0.05) is 18.2 Å². The molecular weight excluding hydrogens is 348 g/mol. The highest BCUT2D eigenvalue weighted by atomic mass is 16.4. The number of aryl methyl sites for hydroxylation is 1. The zero-order valence-corrected chi connectivity index (χ0v) is 15.1. The molecule has 1 fully saturated rings. The molecule has 0 saturated carbocycles. The number of likely N-dealkylation sites (tertiary alicyclic amines) is 1. The summed E-state index contributed by atoms with van der Waals surface area (Å²) in [5, 5.41) is 11.8. The van der Waals surface area contributed by atoms with Crippen LogP contribution < -0.4 is 5.32 Å². The minimum absolute atomic E-state index is 0.0686. The first-order valence-electron chi connectivity index (χ1n) is 8.90. The van der Waals surface area contributed by atoms with Crippen LogP contribution in [0, 0.1) is 12.8 Å². The Hall–Kier alpha value is -3.09. The molecule has 27 heavy (non-hydrogen) atoms. The Morgan fingerprint density at radius 2 is 2.00 bits per heavy atom. The molecule has 1 saturated heterocycles. The topological polar surface area (TPSA) is 99.9 Å². The molecule has 142 valence electrons. The number of piperidine rings is 1. The van der Waals surface area contributed by atoms with Crippen molar-refractivity contribution < 1.29 is 23.9 Å². The van der Waals surface area contributed by atoms with E-state index in [1.807, 2.05) is 18.2 Å². The molecule has 1 unspecified atom stereocenters. The van der Waals surface area contributed by atoms with E-state index in [1.54, 1.807) is 24.0 Å². The number of furan rings is 1. The fourth-order valence-corrected chi connectivity index (χ4v) is 3.30. The van der Waals surface area contributed by atoms with E-state index in [-0.39, 0.29) is 29.8 Å². The van der Waals surface area contributed by atoms with Gasteiger partial charge in [-0.15, -0.1) is 0 Å². The fraction of sp³-hybridized carbons (Fsp3) is 0.350. The quantitative estimate of drug-likeness (QED) is 0.842. The van der Waals surface area contributed by atoms with Gasteiger partial charge in [-0.2, -0.15) is 0 Å². The van der Waals surface area contributed by atoms with Crippen LogP contribution in [-0.4, -0.2) is 40.9 Å². The van der Waals surface area contributed by atoms with Gasteiger partial charge in [-0.3, -0.25) is 9.59 Å². The Kier molecular flexibility index (Phi) is 5.59. The molecule has 2 aromatic rings. The highest BCUT2D eigenvalue weighted by molar-refractivity contribution is 5.94. The van der Waals surface area contributed by atoms with Crippen LogP contribution in [0.15, 0.2) is 40.8 Å². The first kappa shape index (κ1) is 18.7. The maximum absolute atomic E-state index is 12.6. The zero-order chi connectivity index (χ0) is 19.4. The third-order valence-corrected chi connectivity index (χ3v) is 4.74. The number of hydrogen-bond acceptors (Lipinski definition) is 4. The standard InChI is InChI=1S/C20H22N2O5/c1-13-17(20(25)26)10-16(27-13)11-21-18(23)15-8-5-9-22(12-15)19(24)14-6-3-2-4-7-14/h2-4,6-7,10,15H,5,8-9,11-12H2,1H3,(H,21,23)(H,25,26). The Morgan fingerprint density at radius 1 is 1.26 bits per heavy atom. The number of carbonyl (C=O) groups excluding carboxylic acids is 2. The third-order valence-electron chi connectivity index (χ3n) is 4.74. The van der Waals surface area contributed by atoms with Gasteiger partial charge >= 0.3 is 5.97 Å².